The van der Waals surface area contributed by atoms with Crippen molar-refractivity contribution in [3.63, 3.8) is 0 Å². The highest BCUT2D eigenvalue weighted by Gasteiger charge is 2.22. The van der Waals surface area contributed by atoms with E-state index in [0.29, 0.717) is 11.9 Å². The molecule has 0 saturated carbocycles. The molecule has 0 atom stereocenters. The van der Waals surface area contributed by atoms with Crippen molar-refractivity contribution in [1.29, 1.82) is 0 Å². The summed E-state index contributed by atoms with van der Waals surface area (Å²) in [5.74, 6) is 1.28. The lowest BCUT2D eigenvalue weighted by molar-refractivity contribution is 0.474. The largest absolute Gasteiger partial charge is 0.349 e. The Bertz CT molecular complexity index is 441. The Morgan fingerprint density at radius 2 is 1.75 bits per heavy atom. The standard InChI is InChI=1S/C14H24ClN5/c1-4-14(3,5-2)19-12-16-11(15)17-13(18-12)20-9-7-6-8-10-20/h4-10H2,1-3H3,(H,16,17,18,19). The molecule has 1 N–H and O–H groups in total. The average molecular weight is 298 g/mol. The first-order chi connectivity index (χ1) is 9.56. The van der Waals surface area contributed by atoms with Gasteiger partial charge in [0.1, 0.15) is 0 Å². The second kappa shape index (κ2) is 6.57. The van der Waals surface area contributed by atoms with E-state index in [0.717, 1.165) is 25.9 Å². The van der Waals surface area contributed by atoms with E-state index in [1.54, 1.807) is 0 Å². The molecular formula is C14H24ClN5. The summed E-state index contributed by atoms with van der Waals surface area (Å²) in [6, 6.07) is 0. The van der Waals surface area contributed by atoms with E-state index in [2.05, 4.69) is 45.9 Å². The van der Waals surface area contributed by atoms with Crippen molar-refractivity contribution in [3.8, 4) is 0 Å². The van der Waals surface area contributed by atoms with Gasteiger partial charge < -0.3 is 10.2 Å². The van der Waals surface area contributed by atoms with Gasteiger partial charge >= 0.3 is 0 Å². The SMILES string of the molecule is CCC(C)(CC)Nc1nc(Cl)nc(N2CCCCC2)n1. The van der Waals surface area contributed by atoms with E-state index in [4.69, 9.17) is 11.6 Å². The van der Waals surface area contributed by atoms with Gasteiger partial charge in [0.05, 0.1) is 0 Å². The van der Waals surface area contributed by atoms with Crippen molar-refractivity contribution < 1.29 is 0 Å². The molecule has 20 heavy (non-hydrogen) atoms. The Morgan fingerprint density at radius 1 is 1.10 bits per heavy atom. The van der Waals surface area contributed by atoms with Crippen molar-refractivity contribution in [1.82, 2.24) is 15.0 Å². The summed E-state index contributed by atoms with van der Waals surface area (Å²) >= 11 is 6.06. The highest BCUT2D eigenvalue weighted by atomic mass is 35.5. The predicted octanol–water partition coefficient (Wildman–Crippen LogP) is 3.51. The van der Waals surface area contributed by atoms with Crippen LogP contribution in [0.15, 0.2) is 0 Å². The second-order valence-corrected chi connectivity index (χ2v) is 6.01. The van der Waals surface area contributed by atoms with Crippen molar-refractivity contribution in [3.05, 3.63) is 5.28 Å². The molecule has 1 aliphatic rings. The number of nitrogens with one attached hydrogen (secondary N) is 1. The van der Waals surface area contributed by atoms with Gasteiger partial charge in [0.2, 0.25) is 17.2 Å². The minimum Gasteiger partial charge on any atom is -0.349 e. The lowest BCUT2D eigenvalue weighted by atomic mass is 9.96. The fraction of sp³-hybridized carbons (Fsp3) is 0.786. The van der Waals surface area contributed by atoms with Gasteiger partial charge in [-0.15, -0.1) is 0 Å². The highest BCUT2D eigenvalue weighted by Crippen LogP contribution is 2.23. The molecule has 6 heteroatoms. The summed E-state index contributed by atoms with van der Waals surface area (Å²) in [7, 11) is 0. The van der Waals surface area contributed by atoms with Crippen LogP contribution in [-0.2, 0) is 0 Å². The zero-order chi connectivity index (χ0) is 14.6. The Morgan fingerprint density at radius 3 is 2.35 bits per heavy atom. The van der Waals surface area contributed by atoms with E-state index in [9.17, 15) is 0 Å². The quantitative estimate of drug-likeness (QED) is 0.901. The van der Waals surface area contributed by atoms with Gasteiger partial charge in [-0.05, 0) is 50.6 Å². The molecule has 1 fully saturated rings. The molecule has 0 radical (unpaired) electrons. The van der Waals surface area contributed by atoms with Crippen LogP contribution in [0, 0.1) is 0 Å². The first-order valence-electron chi connectivity index (χ1n) is 7.51. The minimum atomic E-state index is -0.0101. The van der Waals surface area contributed by atoms with Crippen LogP contribution in [0.2, 0.25) is 5.28 Å². The molecule has 1 aromatic rings. The minimum absolute atomic E-state index is 0.0101. The smallest absolute Gasteiger partial charge is 0.231 e. The Balaban J connectivity index is 2.19. The molecule has 1 saturated heterocycles. The van der Waals surface area contributed by atoms with Gasteiger partial charge in [0.15, 0.2) is 0 Å². The summed E-state index contributed by atoms with van der Waals surface area (Å²) in [5, 5.41) is 3.66. The van der Waals surface area contributed by atoms with E-state index in [1.165, 1.54) is 19.3 Å². The molecule has 0 aliphatic carbocycles. The molecule has 0 unspecified atom stereocenters. The first-order valence-corrected chi connectivity index (χ1v) is 7.89. The van der Waals surface area contributed by atoms with Crippen LogP contribution < -0.4 is 10.2 Å². The summed E-state index contributed by atoms with van der Waals surface area (Å²) in [5.41, 5.74) is -0.0101. The Labute approximate surface area is 126 Å². The molecule has 5 nitrogen and oxygen atoms in total. The van der Waals surface area contributed by atoms with Gasteiger partial charge in [-0.1, -0.05) is 13.8 Å². The average Bonchev–Trinajstić information content (AvgIpc) is 2.47. The number of nitrogens with zero attached hydrogens (tertiary/aromatic N) is 4. The zero-order valence-electron chi connectivity index (χ0n) is 12.6. The lowest BCUT2D eigenvalue weighted by Crippen LogP contribution is -2.35. The number of aromatic nitrogens is 3. The maximum atomic E-state index is 6.06. The topological polar surface area (TPSA) is 53.9 Å². The molecular weight excluding hydrogens is 274 g/mol. The summed E-state index contributed by atoms with van der Waals surface area (Å²) < 4.78 is 0. The Kier molecular flexibility index (Phi) is 5.02. The van der Waals surface area contributed by atoms with Crippen molar-refractivity contribution in [2.45, 2.75) is 58.4 Å². The van der Waals surface area contributed by atoms with Crippen LogP contribution in [0.4, 0.5) is 11.9 Å². The maximum Gasteiger partial charge on any atom is 0.231 e. The van der Waals surface area contributed by atoms with Crippen molar-refractivity contribution in [2.24, 2.45) is 0 Å². The van der Waals surface area contributed by atoms with E-state index in [-0.39, 0.29) is 10.8 Å². The maximum absolute atomic E-state index is 6.06. The summed E-state index contributed by atoms with van der Waals surface area (Å²) in [6.07, 6.45) is 5.67. The van der Waals surface area contributed by atoms with Crippen LogP contribution >= 0.6 is 11.6 Å². The third-order valence-corrected chi connectivity index (χ3v) is 4.38. The summed E-state index contributed by atoms with van der Waals surface area (Å²) in [4.78, 5) is 15.2. The molecule has 2 rings (SSSR count). The van der Waals surface area contributed by atoms with E-state index >= 15 is 0 Å². The summed E-state index contributed by atoms with van der Waals surface area (Å²) in [6.45, 7) is 8.48. The monoisotopic (exact) mass is 297 g/mol. The molecule has 0 spiro atoms. The first kappa shape index (κ1) is 15.3. The lowest BCUT2D eigenvalue weighted by Gasteiger charge is -2.30. The number of hydrogen-bond donors (Lipinski definition) is 1. The van der Waals surface area contributed by atoms with E-state index in [1.807, 2.05) is 0 Å². The fourth-order valence-electron chi connectivity index (χ4n) is 2.33. The van der Waals surface area contributed by atoms with Gasteiger partial charge in [-0.25, -0.2) is 0 Å². The zero-order valence-corrected chi connectivity index (χ0v) is 13.4. The van der Waals surface area contributed by atoms with Crippen LogP contribution in [0.5, 0.6) is 0 Å². The fourth-order valence-corrected chi connectivity index (χ4v) is 2.48. The molecule has 1 aliphatic heterocycles. The number of anilines is 2. The van der Waals surface area contributed by atoms with Crippen molar-refractivity contribution in [2.75, 3.05) is 23.3 Å². The van der Waals surface area contributed by atoms with Gasteiger partial charge in [0.25, 0.3) is 0 Å². The number of hydrogen-bond acceptors (Lipinski definition) is 5. The third kappa shape index (κ3) is 3.72. The van der Waals surface area contributed by atoms with Gasteiger partial charge in [-0.2, -0.15) is 15.0 Å². The van der Waals surface area contributed by atoms with Crippen LogP contribution in [0.3, 0.4) is 0 Å². The third-order valence-electron chi connectivity index (χ3n) is 4.21. The van der Waals surface area contributed by atoms with E-state index < -0.39 is 0 Å². The van der Waals surface area contributed by atoms with Gasteiger partial charge in [0, 0.05) is 18.6 Å². The van der Waals surface area contributed by atoms with Gasteiger partial charge in [-0.3, -0.25) is 0 Å². The predicted molar refractivity (Wildman–Crippen MR) is 83.5 cm³/mol. The molecule has 2 heterocycles. The molecule has 112 valence electrons. The second-order valence-electron chi connectivity index (χ2n) is 5.67. The number of piperidine rings is 1. The molecule has 0 aromatic carbocycles. The Hall–Kier alpha value is -1.10. The van der Waals surface area contributed by atoms with Crippen LogP contribution in [0.25, 0.3) is 0 Å². The van der Waals surface area contributed by atoms with Crippen LogP contribution in [-0.4, -0.2) is 33.6 Å². The normalized spacial score (nSPS) is 16.3. The molecule has 1 aromatic heterocycles. The number of halogens is 1. The van der Waals surface area contributed by atoms with Crippen LogP contribution in [0.1, 0.15) is 52.9 Å². The highest BCUT2D eigenvalue weighted by molar-refractivity contribution is 6.28. The molecule has 0 bridgehead atoms. The number of rotatable bonds is 5. The molecule has 0 amide bonds. The van der Waals surface area contributed by atoms with Crippen molar-refractivity contribution >= 4 is 23.5 Å².